The third-order valence-electron chi connectivity index (χ3n) is 4.50. The van der Waals surface area contributed by atoms with Crippen molar-refractivity contribution in [1.82, 2.24) is 10.6 Å². The zero-order chi connectivity index (χ0) is 18.1. The molecule has 2 rings (SSSR count). The van der Waals surface area contributed by atoms with Gasteiger partial charge in [0.25, 0.3) is 5.91 Å². The van der Waals surface area contributed by atoms with Crippen LogP contribution >= 0.6 is 0 Å². The molecule has 1 aromatic rings. The van der Waals surface area contributed by atoms with E-state index in [-0.39, 0.29) is 18.1 Å². The van der Waals surface area contributed by atoms with Crippen molar-refractivity contribution in [3.63, 3.8) is 0 Å². The summed E-state index contributed by atoms with van der Waals surface area (Å²) in [6.45, 7) is 2.65. The topological polar surface area (TPSA) is 95.5 Å². The Kier molecular flexibility index (Phi) is 7.60. The molecule has 0 aliphatic carbocycles. The number of carboxylic acid groups (broad SMARTS) is 1. The fraction of sp³-hybridized carbons (Fsp3) is 0.526. The zero-order valence-electron chi connectivity index (χ0n) is 14.4. The quantitative estimate of drug-likeness (QED) is 0.471. The van der Waals surface area contributed by atoms with Gasteiger partial charge in [0.15, 0.2) is 5.78 Å². The van der Waals surface area contributed by atoms with E-state index in [2.05, 4.69) is 10.6 Å². The summed E-state index contributed by atoms with van der Waals surface area (Å²) in [7, 11) is 0. The van der Waals surface area contributed by atoms with Crippen LogP contribution in [0.25, 0.3) is 0 Å². The average Bonchev–Trinajstić information content (AvgIpc) is 2.64. The number of ketones is 1. The first kappa shape index (κ1) is 19.1. The van der Waals surface area contributed by atoms with Gasteiger partial charge in [-0.15, -0.1) is 0 Å². The summed E-state index contributed by atoms with van der Waals surface area (Å²) >= 11 is 0. The molecule has 1 amide bonds. The Hall–Kier alpha value is -2.21. The van der Waals surface area contributed by atoms with Crippen LogP contribution in [0, 0.1) is 5.92 Å². The van der Waals surface area contributed by atoms with Crippen molar-refractivity contribution in [2.24, 2.45) is 5.92 Å². The molecule has 25 heavy (non-hydrogen) atoms. The second kappa shape index (κ2) is 9.93. The molecule has 0 unspecified atom stereocenters. The van der Waals surface area contributed by atoms with Gasteiger partial charge in [-0.05, 0) is 56.8 Å². The highest BCUT2D eigenvalue weighted by molar-refractivity contribution is 6.00. The molecule has 1 aliphatic heterocycles. The van der Waals surface area contributed by atoms with Gasteiger partial charge in [0, 0.05) is 30.5 Å². The maximum absolute atomic E-state index is 12.3. The summed E-state index contributed by atoms with van der Waals surface area (Å²) in [6.07, 6.45) is 3.53. The van der Waals surface area contributed by atoms with Crippen LogP contribution in [-0.2, 0) is 4.79 Å². The summed E-state index contributed by atoms with van der Waals surface area (Å²) in [5.41, 5.74) is 0.996. The Morgan fingerprint density at radius 2 is 1.76 bits per heavy atom. The molecule has 1 fully saturated rings. The molecule has 0 bridgehead atoms. The van der Waals surface area contributed by atoms with Gasteiger partial charge in [-0.25, -0.2) is 0 Å². The van der Waals surface area contributed by atoms with Gasteiger partial charge in [0.05, 0.1) is 0 Å². The predicted molar refractivity (Wildman–Crippen MR) is 94.8 cm³/mol. The highest BCUT2D eigenvalue weighted by Gasteiger charge is 2.15. The Labute approximate surface area is 148 Å². The first-order valence-electron chi connectivity index (χ1n) is 8.90. The second-order valence-corrected chi connectivity index (χ2v) is 6.51. The van der Waals surface area contributed by atoms with Gasteiger partial charge in [0.2, 0.25) is 0 Å². The summed E-state index contributed by atoms with van der Waals surface area (Å²) < 4.78 is 0. The lowest BCUT2D eigenvalue weighted by molar-refractivity contribution is -0.137. The maximum Gasteiger partial charge on any atom is 0.303 e. The van der Waals surface area contributed by atoms with E-state index in [0.29, 0.717) is 42.9 Å². The van der Waals surface area contributed by atoms with Crippen molar-refractivity contribution in [3.8, 4) is 0 Å². The van der Waals surface area contributed by atoms with Gasteiger partial charge >= 0.3 is 5.97 Å². The Balaban J connectivity index is 1.83. The lowest BCUT2D eigenvalue weighted by Crippen LogP contribution is -2.36. The summed E-state index contributed by atoms with van der Waals surface area (Å²) in [4.78, 5) is 35.0. The number of carboxylic acids is 1. The van der Waals surface area contributed by atoms with E-state index < -0.39 is 5.97 Å². The number of nitrogens with one attached hydrogen (secondary N) is 2. The number of carbonyl (C=O) groups is 3. The number of Topliss-reactive ketones (excluding diaryl/α,β-unsaturated/α-hetero) is 1. The Morgan fingerprint density at radius 1 is 1.08 bits per heavy atom. The summed E-state index contributed by atoms with van der Waals surface area (Å²) in [6, 6.07) is 6.74. The van der Waals surface area contributed by atoms with Gasteiger partial charge in [-0.1, -0.05) is 12.1 Å². The fourth-order valence-electron chi connectivity index (χ4n) is 2.96. The number of piperidine rings is 1. The van der Waals surface area contributed by atoms with Crippen LogP contribution in [0.1, 0.15) is 59.2 Å². The second-order valence-electron chi connectivity index (χ2n) is 6.51. The van der Waals surface area contributed by atoms with E-state index in [1.165, 1.54) is 0 Å². The SMILES string of the molecule is O=C(O)CCCCC(=O)c1cccc(C(=O)NCC2CCNCC2)c1. The zero-order valence-corrected chi connectivity index (χ0v) is 14.4. The average molecular weight is 346 g/mol. The third kappa shape index (κ3) is 6.66. The molecular weight excluding hydrogens is 320 g/mol. The van der Waals surface area contributed by atoms with E-state index in [1.54, 1.807) is 24.3 Å². The molecule has 0 aromatic heterocycles. The molecule has 0 spiro atoms. The number of hydrogen-bond acceptors (Lipinski definition) is 4. The van der Waals surface area contributed by atoms with Crippen LogP contribution in [0.15, 0.2) is 24.3 Å². The molecule has 6 nitrogen and oxygen atoms in total. The van der Waals surface area contributed by atoms with Crippen LogP contribution in [0.4, 0.5) is 0 Å². The lowest BCUT2D eigenvalue weighted by atomic mass is 9.98. The van der Waals surface area contributed by atoms with Crippen LogP contribution in [0.5, 0.6) is 0 Å². The number of hydrogen-bond donors (Lipinski definition) is 3. The van der Waals surface area contributed by atoms with Gasteiger partial charge < -0.3 is 15.7 Å². The van der Waals surface area contributed by atoms with E-state index in [9.17, 15) is 14.4 Å². The summed E-state index contributed by atoms with van der Waals surface area (Å²) in [5, 5.41) is 14.9. The Morgan fingerprint density at radius 3 is 2.48 bits per heavy atom. The van der Waals surface area contributed by atoms with Crippen molar-refractivity contribution in [2.45, 2.75) is 38.5 Å². The Bertz CT molecular complexity index is 609. The van der Waals surface area contributed by atoms with Gasteiger partial charge in [-0.3, -0.25) is 14.4 Å². The molecule has 1 heterocycles. The number of rotatable bonds is 9. The van der Waals surface area contributed by atoms with Crippen molar-refractivity contribution in [1.29, 1.82) is 0 Å². The molecule has 0 saturated carbocycles. The smallest absolute Gasteiger partial charge is 0.303 e. The molecule has 6 heteroatoms. The van der Waals surface area contributed by atoms with E-state index in [1.807, 2.05) is 0 Å². The predicted octanol–water partition coefficient (Wildman–Crippen LogP) is 2.24. The van der Waals surface area contributed by atoms with E-state index in [4.69, 9.17) is 5.11 Å². The van der Waals surface area contributed by atoms with Crippen molar-refractivity contribution < 1.29 is 19.5 Å². The first-order chi connectivity index (χ1) is 12.1. The minimum atomic E-state index is -0.847. The minimum Gasteiger partial charge on any atom is -0.481 e. The van der Waals surface area contributed by atoms with Crippen molar-refractivity contribution in [3.05, 3.63) is 35.4 Å². The molecule has 0 radical (unpaired) electrons. The third-order valence-corrected chi connectivity index (χ3v) is 4.50. The largest absolute Gasteiger partial charge is 0.481 e. The van der Waals surface area contributed by atoms with Gasteiger partial charge in [-0.2, -0.15) is 0 Å². The number of carbonyl (C=O) groups excluding carboxylic acids is 2. The number of unbranched alkanes of at least 4 members (excludes halogenated alkanes) is 1. The monoisotopic (exact) mass is 346 g/mol. The molecular formula is C19H26N2O4. The molecule has 1 aromatic carbocycles. The fourth-order valence-corrected chi connectivity index (χ4v) is 2.96. The van der Waals surface area contributed by atoms with Crippen LogP contribution < -0.4 is 10.6 Å². The van der Waals surface area contributed by atoms with Crippen molar-refractivity contribution in [2.75, 3.05) is 19.6 Å². The highest BCUT2D eigenvalue weighted by atomic mass is 16.4. The van der Waals surface area contributed by atoms with Crippen molar-refractivity contribution >= 4 is 17.7 Å². The number of amides is 1. The van der Waals surface area contributed by atoms with Crippen LogP contribution in [-0.4, -0.2) is 42.4 Å². The highest BCUT2D eigenvalue weighted by Crippen LogP contribution is 2.13. The number of benzene rings is 1. The summed E-state index contributed by atoms with van der Waals surface area (Å²) in [5.74, 6) is -0.554. The van der Waals surface area contributed by atoms with Crippen LogP contribution in [0.2, 0.25) is 0 Å². The van der Waals surface area contributed by atoms with Crippen LogP contribution in [0.3, 0.4) is 0 Å². The lowest BCUT2D eigenvalue weighted by Gasteiger charge is -2.22. The normalized spacial score (nSPS) is 14.9. The minimum absolute atomic E-state index is 0.0570. The first-order valence-corrected chi connectivity index (χ1v) is 8.90. The van der Waals surface area contributed by atoms with E-state index >= 15 is 0 Å². The molecule has 0 atom stereocenters. The molecule has 3 N–H and O–H groups in total. The molecule has 1 aliphatic rings. The maximum atomic E-state index is 12.3. The molecule has 136 valence electrons. The van der Waals surface area contributed by atoms with Gasteiger partial charge in [0.1, 0.15) is 0 Å². The number of aliphatic carboxylic acids is 1. The standard InChI is InChI=1S/C19H26N2O4/c22-17(6-1-2-7-18(23)24)15-4-3-5-16(12-15)19(25)21-13-14-8-10-20-11-9-14/h3-5,12,14,20H,1-2,6-11,13H2,(H,21,25)(H,23,24). The molecule has 1 saturated heterocycles. The van der Waals surface area contributed by atoms with E-state index in [0.717, 1.165) is 25.9 Å².